The van der Waals surface area contributed by atoms with Gasteiger partial charge in [-0.2, -0.15) is 0 Å². The molecule has 5 heteroatoms. The van der Waals surface area contributed by atoms with Crippen LogP contribution in [0, 0.1) is 0 Å². The molecule has 0 unspecified atom stereocenters. The van der Waals surface area contributed by atoms with Crippen LogP contribution >= 0.6 is 0 Å². The van der Waals surface area contributed by atoms with Crippen molar-refractivity contribution in [1.29, 1.82) is 0 Å². The number of carbonyl (C=O) groups excluding carboxylic acids is 2. The third-order valence-electron chi connectivity index (χ3n) is 4.41. The van der Waals surface area contributed by atoms with Gasteiger partial charge >= 0.3 is 5.97 Å². The smallest absolute Gasteiger partial charge is 0.313 e. The minimum Gasteiger partial charge on any atom is -0.449 e. The topological polar surface area (TPSA) is 69.4 Å². The highest BCUT2D eigenvalue weighted by molar-refractivity contribution is 6.01. The Morgan fingerprint density at radius 3 is 2.25 bits per heavy atom. The molecule has 5 nitrogen and oxygen atoms in total. The normalized spacial score (nSPS) is 11.9. The minimum atomic E-state index is -1.02. The second-order valence-electron chi connectivity index (χ2n) is 6.31. The van der Waals surface area contributed by atoms with E-state index in [-0.39, 0.29) is 12.2 Å². The lowest BCUT2D eigenvalue weighted by Gasteiger charge is -2.17. The molecule has 0 saturated carbocycles. The molecule has 0 aliphatic rings. The first-order valence-corrected chi connectivity index (χ1v) is 8.89. The maximum atomic E-state index is 13.0. The van der Waals surface area contributed by atoms with E-state index in [9.17, 15) is 9.59 Å². The third-order valence-corrected chi connectivity index (χ3v) is 4.41. The van der Waals surface area contributed by atoms with Gasteiger partial charge in [0.25, 0.3) is 0 Å². The zero-order chi connectivity index (χ0) is 19.3. The van der Waals surface area contributed by atoms with Crippen LogP contribution in [0.5, 0.6) is 0 Å². The van der Waals surface area contributed by atoms with Crippen molar-refractivity contribution in [2.24, 2.45) is 0 Å². The summed E-state index contributed by atoms with van der Waals surface area (Å²) in [5.74, 6) is -0.817. The number of hydrogen-bond donors (Lipinski definition) is 0. The van der Waals surface area contributed by atoms with Gasteiger partial charge in [0, 0.05) is 16.5 Å². The highest BCUT2D eigenvalue weighted by atomic mass is 16.5. The summed E-state index contributed by atoms with van der Waals surface area (Å²) in [6.45, 7) is 0. The zero-order valence-electron chi connectivity index (χ0n) is 14.9. The molecule has 0 aliphatic carbocycles. The molecule has 1 aromatic heterocycles. The van der Waals surface area contributed by atoms with Crippen LogP contribution in [0.4, 0.5) is 0 Å². The number of esters is 1. The standard InChI is InChI=1S/C23H17NO4/c25-21(15-19-18-13-7-8-14-20(18)28-24-19)27-23(17-11-5-2-6-12-17)22(26)16-9-3-1-4-10-16/h1-14,23H,15H2/t23-/m1/s1. The molecule has 138 valence electrons. The van der Waals surface area contributed by atoms with Gasteiger partial charge < -0.3 is 9.26 Å². The number of rotatable bonds is 6. The van der Waals surface area contributed by atoms with Gasteiger partial charge in [-0.15, -0.1) is 0 Å². The van der Waals surface area contributed by atoms with Crippen LogP contribution in [0.15, 0.2) is 89.5 Å². The van der Waals surface area contributed by atoms with E-state index in [2.05, 4.69) is 5.16 Å². The Kier molecular flexibility index (Phi) is 4.97. The van der Waals surface area contributed by atoms with Crippen LogP contribution in [0.2, 0.25) is 0 Å². The average Bonchev–Trinajstić information content (AvgIpc) is 3.15. The molecule has 0 fully saturated rings. The minimum absolute atomic E-state index is 0.0809. The van der Waals surface area contributed by atoms with Crippen LogP contribution in [0.3, 0.4) is 0 Å². The van der Waals surface area contributed by atoms with Gasteiger partial charge in [-0.05, 0) is 12.1 Å². The highest BCUT2D eigenvalue weighted by Gasteiger charge is 2.26. The van der Waals surface area contributed by atoms with Crippen molar-refractivity contribution in [2.75, 3.05) is 0 Å². The summed E-state index contributed by atoms with van der Waals surface area (Å²) in [5, 5.41) is 4.71. The first-order valence-electron chi connectivity index (χ1n) is 8.89. The lowest BCUT2D eigenvalue weighted by atomic mass is 10.00. The molecule has 1 atom stereocenters. The average molecular weight is 371 g/mol. The van der Waals surface area contributed by atoms with Crippen LogP contribution in [0.1, 0.15) is 27.7 Å². The monoisotopic (exact) mass is 371 g/mol. The molecule has 28 heavy (non-hydrogen) atoms. The molecule has 0 amide bonds. The van der Waals surface area contributed by atoms with Crippen molar-refractivity contribution in [1.82, 2.24) is 5.16 Å². The third kappa shape index (κ3) is 3.69. The molecule has 1 heterocycles. The van der Waals surface area contributed by atoms with Crippen LogP contribution < -0.4 is 0 Å². The number of benzene rings is 3. The van der Waals surface area contributed by atoms with Gasteiger partial charge in [0.05, 0.1) is 6.42 Å². The number of ether oxygens (including phenoxy) is 1. The number of aromatic nitrogens is 1. The van der Waals surface area contributed by atoms with E-state index in [0.29, 0.717) is 22.4 Å². The number of carbonyl (C=O) groups is 2. The van der Waals surface area contributed by atoms with Crippen molar-refractivity contribution in [3.8, 4) is 0 Å². The summed E-state index contributed by atoms with van der Waals surface area (Å²) in [6, 6.07) is 25.1. The molecule has 0 spiro atoms. The summed E-state index contributed by atoms with van der Waals surface area (Å²) in [5.41, 5.74) is 2.19. The Bertz CT molecular complexity index is 1100. The van der Waals surface area contributed by atoms with E-state index in [4.69, 9.17) is 9.26 Å². The summed E-state index contributed by atoms with van der Waals surface area (Å²) >= 11 is 0. The number of hydrogen-bond acceptors (Lipinski definition) is 5. The SMILES string of the molecule is O=C(Cc1noc2ccccc12)O[C@@H](C(=O)c1ccccc1)c1ccccc1. The molecule has 0 aliphatic heterocycles. The number of ketones is 1. The van der Waals surface area contributed by atoms with E-state index in [1.165, 1.54) is 0 Å². The number of Topliss-reactive ketones (excluding diaryl/α,β-unsaturated/α-hetero) is 1. The second-order valence-corrected chi connectivity index (χ2v) is 6.31. The molecular formula is C23H17NO4. The highest BCUT2D eigenvalue weighted by Crippen LogP contribution is 2.24. The largest absolute Gasteiger partial charge is 0.449 e. The van der Waals surface area contributed by atoms with E-state index >= 15 is 0 Å². The van der Waals surface area contributed by atoms with Crippen LogP contribution in [-0.4, -0.2) is 16.9 Å². The Balaban J connectivity index is 1.58. The molecule has 3 aromatic carbocycles. The first kappa shape index (κ1) is 17.7. The van der Waals surface area contributed by atoms with E-state index in [1.807, 2.05) is 30.3 Å². The number of fused-ring (bicyclic) bond motifs is 1. The van der Waals surface area contributed by atoms with Gasteiger partial charge in [-0.1, -0.05) is 78.0 Å². The summed E-state index contributed by atoms with van der Waals surface area (Å²) < 4.78 is 10.8. The van der Waals surface area contributed by atoms with Gasteiger partial charge in [-0.25, -0.2) is 0 Å². The predicted octanol–water partition coefficient (Wildman–Crippen LogP) is 4.54. The lowest BCUT2D eigenvalue weighted by Crippen LogP contribution is -2.21. The fourth-order valence-electron chi connectivity index (χ4n) is 3.03. The predicted molar refractivity (Wildman–Crippen MR) is 104 cm³/mol. The van der Waals surface area contributed by atoms with Gasteiger partial charge in [0.15, 0.2) is 11.7 Å². The maximum absolute atomic E-state index is 13.0. The van der Waals surface area contributed by atoms with Gasteiger partial charge in [0.2, 0.25) is 5.78 Å². The van der Waals surface area contributed by atoms with Gasteiger partial charge in [-0.3, -0.25) is 9.59 Å². The summed E-state index contributed by atoms with van der Waals surface area (Å²) in [6.07, 6.45) is -1.10. The van der Waals surface area contributed by atoms with Crippen molar-refractivity contribution >= 4 is 22.7 Å². The Hall–Kier alpha value is -3.73. The van der Waals surface area contributed by atoms with E-state index in [1.54, 1.807) is 54.6 Å². The molecule has 0 bridgehead atoms. The number of para-hydroxylation sites is 1. The maximum Gasteiger partial charge on any atom is 0.313 e. The molecule has 0 radical (unpaired) electrons. The van der Waals surface area contributed by atoms with Crippen molar-refractivity contribution < 1.29 is 18.8 Å². The second kappa shape index (κ2) is 7.88. The van der Waals surface area contributed by atoms with Crippen molar-refractivity contribution in [3.63, 3.8) is 0 Å². The quantitative estimate of drug-likeness (QED) is 0.368. The van der Waals surface area contributed by atoms with Gasteiger partial charge in [0.1, 0.15) is 5.69 Å². The Morgan fingerprint density at radius 1 is 0.857 bits per heavy atom. The zero-order valence-corrected chi connectivity index (χ0v) is 14.9. The fourth-order valence-corrected chi connectivity index (χ4v) is 3.03. The Morgan fingerprint density at radius 2 is 1.50 bits per heavy atom. The molecule has 4 rings (SSSR count). The Labute approximate surface area is 161 Å². The first-order chi connectivity index (χ1) is 13.7. The lowest BCUT2D eigenvalue weighted by molar-refractivity contribution is -0.146. The van der Waals surface area contributed by atoms with E-state index < -0.39 is 12.1 Å². The van der Waals surface area contributed by atoms with Crippen LogP contribution in [0.25, 0.3) is 11.0 Å². The molecular weight excluding hydrogens is 354 g/mol. The summed E-state index contributed by atoms with van der Waals surface area (Å²) in [7, 11) is 0. The van der Waals surface area contributed by atoms with Crippen LogP contribution in [-0.2, 0) is 16.0 Å². The fraction of sp³-hybridized carbons (Fsp3) is 0.0870. The molecule has 0 saturated heterocycles. The van der Waals surface area contributed by atoms with Crippen molar-refractivity contribution in [3.05, 3.63) is 102 Å². The summed E-state index contributed by atoms with van der Waals surface area (Å²) in [4.78, 5) is 25.6. The van der Waals surface area contributed by atoms with E-state index in [0.717, 1.165) is 5.39 Å². The van der Waals surface area contributed by atoms with Crippen molar-refractivity contribution in [2.45, 2.75) is 12.5 Å². The molecule has 4 aromatic rings. The number of nitrogens with zero attached hydrogens (tertiary/aromatic N) is 1. The molecule has 0 N–H and O–H groups in total.